The third-order valence-corrected chi connectivity index (χ3v) is 2.58. The first-order valence-electron chi connectivity index (χ1n) is 4.74. The fraction of sp³-hybridized carbons (Fsp3) is 0.500. The number of hydrogen-bond donors (Lipinski definition) is 0. The van der Waals surface area contributed by atoms with Gasteiger partial charge in [-0.2, -0.15) is 0 Å². The molecule has 1 saturated heterocycles. The van der Waals surface area contributed by atoms with Gasteiger partial charge in [0.2, 0.25) is 12.2 Å². The zero-order valence-corrected chi connectivity index (χ0v) is 9.37. The van der Waals surface area contributed by atoms with Gasteiger partial charge in [0.25, 0.3) is 0 Å². The van der Waals surface area contributed by atoms with Crippen LogP contribution >= 0.6 is 15.9 Å². The van der Waals surface area contributed by atoms with Crippen LogP contribution in [0.4, 0.5) is 0 Å². The van der Waals surface area contributed by atoms with E-state index in [2.05, 4.69) is 20.9 Å². The van der Waals surface area contributed by atoms with Gasteiger partial charge < -0.3 is 9.47 Å². The van der Waals surface area contributed by atoms with Crippen molar-refractivity contribution < 1.29 is 9.47 Å². The number of nitrogens with zero attached hydrogens (tertiary/aromatic N) is 1. The molecule has 76 valence electrons. The summed E-state index contributed by atoms with van der Waals surface area (Å²) in [7, 11) is 0. The van der Waals surface area contributed by atoms with Crippen molar-refractivity contribution in [2.45, 2.75) is 25.6 Å². The summed E-state index contributed by atoms with van der Waals surface area (Å²) in [6, 6.07) is 3.71. The third-order valence-electron chi connectivity index (χ3n) is 2.09. The van der Waals surface area contributed by atoms with Gasteiger partial charge in [0, 0.05) is 23.2 Å². The van der Waals surface area contributed by atoms with Crippen molar-refractivity contribution in [1.82, 2.24) is 4.98 Å². The number of pyridine rings is 1. The van der Waals surface area contributed by atoms with Crippen LogP contribution < -0.4 is 4.74 Å². The van der Waals surface area contributed by atoms with Crippen LogP contribution in [-0.2, 0) is 4.74 Å². The highest BCUT2D eigenvalue weighted by atomic mass is 79.9. The number of halogens is 1. The minimum absolute atomic E-state index is 0.120. The van der Waals surface area contributed by atoms with E-state index in [1.807, 2.05) is 12.1 Å². The fourth-order valence-corrected chi connectivity index (χ4v) is 1.70. The number of rotatable bonds is 2. The van der Waals surface area contributed by atoms with Crippen molar-refractivity contribution in [2.24, 2.45) is 0 Å². The van der Waals surface area contributed by atoms with Crippen molar-refractivity contribution in [3.05, 3.63) is 22.8 Å². The average Bonchev–Trinajstić information content (AvgIpc) is 2.19. The molecule has 2 heterocycles. The van der Waals surface area contributed by atoms with E-state index >= 15 is 0 Å². The molecule has 0 amide bonds. The van der Waals surface area contributed by atoms with Crippen LogP contribution in [0.15, 0.2) is 22.8 Å². The highest BCUT2D eigenvalue weighted by Crippen LogP contribution is 2.19. The first kappa shape index (κ1) is 9.93. The summed E-state index contributed by atoms with van der Waals surface area (Å²) < 4.78 is 12.0. The largest absolute Gasteiger partial charge is 0.448 e. The topological polar surface area (TPSA) is 31.4 Å². The van der Waals surface area contributed by atoms with Gasteiger partial charge in [0.15, 0.2) is 0 Å². The highest BCUT2D eigenvalue weighted by molar-refractivity contribution is 9.10. The second-order valence-corrected chi connectivity index (χ2v) is 4.14. The molecule has 0 radical (unpaired) electrons. The molecule has 0 bridgehead atoms. The Balaban J connectivity index is 1.95. The first-order chi connectivity index (χ1) is 6.84. The normalized spacial score (nSPS) is 21.9. The van der Waals surface area contributed by atoms with Gasteiger partial charge in [-0.1, -0.05) is 15.9 Å². The summed E-state index contributed by atoms with van der Waals surface area (Å²) >= 11 is 3.37. The molecule has 1 fully saturated rings. The molecule has 0 spiro atoms. The Morgan fingerprint density at radius 1 is 1.50 bits per heavy atom. The minimum atomic E-state index is -0.120. The Kier molecular flexibility index (Phi) is 3.37. The molecule has 14 heavy (non-hydrogen) atoms. The van der Waals surface area contributed by atoms with Crippen molar-refractivity contribution in [2.75, 3.05) is 6.61 Å². The molecule has 1 aliphatic heterocycles. The molecule has 0 aromatic carbocycles. The second kappa shape index (κ2) is 4.75. The van der Waals surface area contributed by atoms with Gasteiger partial charge in [-0.05, 0) is 18.9 Å². The van der Waals surface area contributed by atoms with Crippen LogP contribution in [0.3, 0.4) is 0 Å². The second-order valence-electron chi connectivity index (χ2n) is 3.23. The molecule has 0 aliphatic carbocycles. The van der Waals surface area contributed by atoms with Crippen molar-refractivity contribution in [1.29, 1.82) is 0 Å². The van der Waals surface area contributed by atoms with Gasteiger partial charge >= 0.3 is 0 Å². The predicted octanol–water partition coefficient (Wildman–Crippen LogP) is 2.75. The smallest absolute Gasteiger partial charge is 0.216 e. The Morgan fingerprint density at radius 3 is 3.14 bits per heavy atom. The zero-order valence-electron chi connectivity index (χ0n) is 7.78. The minimum Gasteiger partial charge on any atom is -0.448 e. The molecule has 0 saturated carbocycles. The lowest BCUT2D eigenvalue weighted by Crippen LogP contribution is -2.25. The Hall–Kier alpha value is -0.610. The van der Waals surface area contributed by atoms with E-state index in [-0.39, 0.29) is 6.29 Å². The van der Waals surface area contributed by atoms with Gasteiger partial charge in [0.05, 0.1) is 6.61 Å². The monoisotopic (exact) mass is 257 g/mol. The van der Waals surface area contributed by atoms with Gasteiger partial charge in [-0.15, -0.1) is 0 Å². The molecule has 3 nitrogen and oxygen atoms in total. The molecule has 1 unspecified atom stereocenters. The molecule has 1 aromatic rings. The van der Waals surface area contributed by atoms with E-state index in [0.717, 1.165) is 23.9 Å². The zero-order chi connectivity index (χ0) is 9.80. The van der Waals surface area contributed by atoms with Gasteiger partial charge in [-0.3, -0.25) is 0 Å². The molecule has 1 atom stereocenters. The van der Waals surface area contributed by atoms with E-state index in [9.17, 15) is 0 Å². The molecule has 1 aromatic heterocycles. The van der Waals surface area contributed by atoms with Crippen molar-refractivity contribution in [3.8, 4) is 5.88 Å². The van der Waals surface area contributed by atoms with E-state index in [1.165, 1.54) is 6.42 Å². The molecule has 2 rings (SSSR count). The third kappa shape index (κ3) is 2.69. The van der Waals surface area contributed by atoms with Crippen molar-refractivity contribution >= 4 is 15.9 Å². The Bertz CT molecular complexity index is 300. The summed E-state index contributed by atoms with van der Waals surface area (Å²) in [5, 5.41) is 0. The maximum atomic E-state index is 5.57. The lowest BCUT2D eigenvalue weighted by atomic mass is 10.2. The van der Waals surface area contributed by atoms with Crippen LogP contribution in [0.1, 0.15) is 19.3 Å². The highest BCUT2D eigenvalue weighted by Gasteiger charge is 2.15. The van der Waals surface area contributed by atoms with E-state index in [1.54, 1.807) is 6.20 Å². The molecule has 1 aliphatic rings. The van der Waals surface area contributed by atoms with E-state index in [0.29, 0.717) is 5.88 Å². The van der Waals surface area contributed by atoms with Gasteiger partial charge in [-0.25, -0.2) is 4.98 Å². The number of ether oxygens (including phenoxy) is 2. The lowest BCUT2D eigenvalue weighted by Gasteiger charge is -2.22. The average molecular weight is 258 g/mol. The molecular weight excluding hydrogens is 246 g/mol. The standard InChI is InChI=1S/C10H12BrNO2/c11-8-4-5-12-9(7-8)14-10-3-1-2-6-13-10/h4-5,7,10H,1-3,6H2. The molecule has 0 N–H and O–H groups in total. The van der Waals surface area contributed by atoms with Crippen LogP contribution in [0.25, 0.3) is 0 Å². The quantitative estimate of drug-likeness (QED) is 0.817. The van der Waals surface area contributed by atoms with Crippen LogP contribution in [-0.4, -0.2) is 17.9 Å². The predicted molar refractivity (Wildman–Crippen MR) is 56.2 cm³/mol. The van der Waals surface area contributed by atoms with Gasteiger partial charge in [0.1, 0.15) is 0 Å². The summed E-state index contributed by atoms with van der Waals surface area (Å²) in [6.45, 7) is 0.790. The van der Waals surface area contributed by atoms with Crippen LogP contribution in [0.2, 0.25) is 0 Å². The lowest BCUT2D eigenvalue weighted by molar-refractivity contribution is -0.107. The maximum Gasteiger partial charge on any atom is 0.216 e. The Labute approximate surface area is 91.6 Å². The summed E-state index contributed by atoms with van der Waals surface area (Å²) in [5.74, 6) is 0.617. The van der Waals surface area contributed by atoms with Crippen molar-refractivity contribution in [3.63, 3.8) is 0 Å². The van der Waals surface area contributed by atoms with E-state index in [4.69, 9.17) is 9.47 Å². The maximum absolute atomic E-state index is 5.57. The van der Waals surface area contributed by atoms with Crippen LogP contribution in [0, 0.1) is 0 Å². The Morgan fingerprint density at radius 2 is 2.43 bits per heavy atom. The van der Waals surface area contributed by atoms with E-state index < -0.39 is 0 Å². The number of hydrogen-bond acceptors (Lipinski definition) is 3. The van der Waals surface area contributed by atoms with Crippen LogP contribution in [0.5, 0.6) is 5.88 Å². The molecular formula is C10H12BrNO2. The summed E-state index contributed by atoms with van der Waals surface area (Å²) in [5.41, 5.74) is 0. The number of aromatic nitrogens is 1. The SMILES string of the molecule is Brc1ccnc(OC2CCCCO2)c1. The summed E-state index contributed by atoms with van der Waals surface area (Å²) in [6.07, 6.45) is 4.84. The fourth-order valence-electron chi connectivity index (χ4n) is 1.39. The molecule has 4 heteroatoms. The summed E-state index contributed by atoms with van der Waals surface area (Å²) in [4.78, 5) is 4.10. The first-order valence-corrected chi connectivity index (χ1v) is 5.54.